The molecule has 2 heterocycles. The first-order valence-corrected chi connectivity index (χ1v) is 4.81. The smallest absolute Gasteiger partial charge is 0.196 e. The second kappa shape index (κ2) is 2.96. The monoisotopic (exact) mass is 167 g/mol. The lowest BCUT2D eigenvalue weighted by molar-refractivity contribution is 0.257. The molecule has 0 spiro atoms. The fraction of sp³-hybridized carbons (Fsp3) is 0.889. The molecule has 2 aliphatic heterocycles. The molecule has 3 nitrogen and oxygen atoms in total. The molecule has 0 amide bonds. The van der Waals surface area contributed by atoms with Gasteiger partial charge < -0.3 is 9.80 Å². The van der Waals surface area contributed by atoms with E-state index in [2.05, 4.69) is 28.8 Å². The predicted octanol–water partition coefficient (Wildman–Crippen LogP) is 0.772. The molecule has 1 atom stereocenters. The van der Waals surface area contributed by atoms with Crippen LogP contribution in [0.4, 0.5) is 0 Å². The van der Waals surface area contributed by atoms with Gasteiger partial charge in [-0.2, -0.15) is 0 Å². The van der Waals surface area contributed by atoms with Gasteiger partial charge in [-0.05, 0) is 19.8 Å². The van der Waals surface area contributed by atoms with Crippen LogP contribution in [0.15, 0.2) is 4.99 Å². The molecular formula is C9H17N3. The van der Waals surface area contributed by atoms with Gasteiger partial charge >= 0.3 is 0 Å². The molecule has 68 valence electrons. The van der Waals surface area contributed by atoms with Crippen LogP contribution in [0.25, 0.3) is 0 Å². The zero-order chi connectivity index (χ0) is 8.55. The van der Waals surface area contributed by atoms with Gasteiger partial charge in [-0.3, -0.25) is 0 Å². The van der Waals surface area contributed by atoms with E-state index in [-0.39, 0.29) is 0 Å². The van der Waals surface area contributed by atoms with Gasteiger partial charge in [0.05, 0.1) is 6.04 Å². The summed E-state index contributed by atoms with van der Waals surface area (Å²) < 4.78 is 0. The van der Waals surface area contributed by atoms with Crippen molar-refractivity contribution in [1.29, 1.82) is 0 Å². The number of nitrogens with zero attached hydrogens (tertiary/aromatic N) is 3. The lowest BCUT2D eigenvalue weighted by atomic mass is 10.2. The molecule has 2 aliphatic rings. The Balaban J connectivity index is 2.17. The van der Waals surface area contributed by atoms with E-state index in [9.17, 15) is 0 Å². The van der Waals surface area contributed by atoms with Gasteiger partial charge in [0.15, 0.2) is 5.96 Å². The van der Waals surface area contributed by atoms with E-state index in [4.69, 9.17) is 0 Å². The SMILES string of the molecule is CC1CCN2CCCN(C)C2=N1. The molecule has 0 aliphatic carbocycles. The summed E-state index contributed by atoms with van der Waals surface area (Å²) in [4.78, 5) is 9.34. The van der Waals surface area contributed by atoms with Gasteiger partial charge in [0, 0.05) is 26.7 Å². The molecule has 3 heteroatoms. The molecule has 0 N–H and O–H groups in total. The molecule has 0 aromatic carbocycles. The van der Waals surface area contributed by atoms with Gasteiger partial charge in [0.25, 0.3) is 0 Å². The molecule has 2 rings (SSSR count). The Hall–Kier alpha value is -0.730. The van der Waals surface area contributed by atoms with Crippen LogP contribution < -0.4 is 0 Å². The third-order valence-corrected chi connectivity index (χ3v) is 2.70. The average Bonchev–Trinajstić information content (AvgIpc) is 2.07. The van der Waals surface area contributed by atoms with Crippen LogP contribution in [0, 0.1) is 0 Å². The second-order valence-corrected chi connectivity index (χ2v) is 3.83. The molecular weight excluding hydrogens is 150 g/mol. The Morgan fingerprint density at radius 2 is 2.17 bits per heavy atom. The van der Waals surface area contributed by atoms with Crippen molar-refractivity contribution in [3.8, 4) is 0 Å². The van der Waals surface area contributed by atoms with Gasteiger partial charge in [0.1, 0.15) is 0 Å². The minimum atomic E-state index is 0.525. The van der Waals surface area contributed by atoms with Crippen molar-refractivity contribution in [3.05, 3.63) is 0 Å². The van der Waals surface area contributed by atoms with E-state index in [0.717, 1.165) is 0 Å². The van der Waals surface area contributed by atoms with E-state index in [1.54, 1.807) is 0 Å². The third-order valence-electron chi connectivity index (χ3n) is 2.70. The molecule has 0 bridgehead atoms. The van der Waals surface area contributed by atoms with Crippen molar-refractivity contribution in [2.45, 2.75) is 25.8 Å². The zero-order valence-corrected chi connectivity index (χ0v) is 7.95. The van der Waals surface area contributed by atoms with Crippen LogP contribution in [0.2, 0.25) is 0 Å². The summed E-state index contributed by atoms with van der Waals surface area (Å²) in [7, 11) is 2.14. The highest BCUT2D eigenvalue weighted by atomic mass is 15.4. The number of guanidine groups is 1. The highest BCUT2D eigenvalue weighted by Crippen LogP contribution is 2.15. The summed E-state index contributed by atoms with van der Waals surface area (Å²) in [6.45, 7) is 5.77. The van der Waals surface area contributed by atoms with E-state index < -0.39 is 0 Å². The Morgan fingerprint density at radius 3 is 3.00 bits per heavy atom. The van der Waals surface area contributed by atoms with Crippen LogP contribution >= 0.6 is 0 Å². The van der Waals surface area contributed by atoms with Gasteiger partial charge in [0.2, 0.25) is 0 Å². The third kappa shape index (κ3) is 1.28. The highest BCUT2D eigenvalue weighted by Gasteiger charge is 2.24. The Kier molecular flexibility index (Phi) is 1.95. The second-order valence-electron chi connectivity index (χ2n) is 3.83. The first-order valence-electron chi connectivity index (χ1n) is 4.81. The van der Waals surface area contributed by atoms with Gasteiger partial charge in [-0.25, -0.2) is 4.99 Å². The fourth-order valence-electron chi connectivity index (χ4n) is 1.94. The minimum absolute atomic E-state index is 0.525. The van der Waals surface area contributed by atoms with Gasteiger partial charge in [-0.15, -0.1) is 0 Å². The van der Waals surface area contributed by atoms with E-state index >= 15 is 0 Å². The summed E-state index contributed by atoms with van der Waals surface area (Å²) in [5.41, 5.74) is 0. The maximum atomic E-state index is 4.65. The Labute approximate surface area is 74.1 Å². The zero-order valence-electron chi connectivity index (χ0n) is 7.95. The largest absolute Gasteiger partial charge is 0.346 e. The summed E-state index contributed by atoms with van der Waals surface area (Å²) in [6, 6.07) is 0.525. The van der Waals surface area contributed by atoms with Crippen LogP contribution in [-0.2, 0) is 0 Å². The molecule has 0 radical (unpaired) electrons. The van der Waals surface area contributed by atoms with Crippen LogP contribution in [0.1, 0.15) is 19.8 Å². The highest BCUT2D eigenvalue weighted by molar-refractivity contribution is 5.81. The average molecular weight is 167 g/mol. The molecule has 12 heavy (non-hydrogen) atoms. The van der Waals surface area contributed by atoms with Crippen molar-refractivity contribution in [2.75, 3.05) is 26.7 Å². The number of hydrogen-bond donors (Lipinski definition) is 0. The fourth-order valence-corrected chi connectivity index (χ4v) is 1.94. The normalized spacial score (nSPS) is 29.8. The maximum absolute atomic E-state index is 4.65. The quantitative estimate of drug-likeness (QED) is 0.531. The maximum Gasteiger partial charge on any atom is 0.196 e. The van der Waals surface area contributed by atoms with Crippen LogP contribution in [-0.4, -0.2) is 48.5 Å². The minimum Gasteiger partial charge on any atom is -0.346 e. The van der Waals surface area contributed by atoms with E-state index in [0.29, 0.717) is 6.04 Å². The van der Waals surface area contributed by atoms with Crippen molar-refractivity contribution in [3.63, 3.8) is 0 Å². The molecule has 0 aromatic rings. The Morgan fingerprint density at radius 1 is 1.33 bits per heavy atom. The number of hydrogen-bond acceptors (Lipinski definition) is 3. The van der Waals surface area contributed by atoms with Crippen LogP contribution in [0.5, 0.6) is 0 Å². The summed E-state index contributed by atoms with van der Waals surface area (Å²) in [6.07, 6.45) is 2.50. The molecule has 1 saturated heterocycles. The van der Waals surface area contributed by atoms with Crippen molar-refractivity contribution >= 4 is 5.96 Å². The lowest BCUT2D eigenvalue weighted by Crippen LogP contribution is -2.51. The molecule has 1 fully saturated rings. The van der Waals surface area contributed by atoms with Crippen LogP contribution in [0.3, 0.4) is 0 Å². The first kappa shape index (κ1) is 7.90. The standard InChI is InChI=1S/C9H17N3/c1-8-4-7-12-6-3-5-11(2)9(12)10-8/h8H,3-7H2,1-2H3. The molecule has 0 saturated carbocycles. The summed E-state index contributed by atoms with van der Waals surface area (Å²) in [5, 5.41) is 0. The number of aliphatic imine (C=N–C) groups is 1. The van der Waals surface area contributed by atoms with Crippen molar-refractivity contribution < 1.29 is 0 Å². The molecule has 1 unspecified atom stereocenters. The lowest BCUT2D eigenvalue weighted by Gasteiger charge is -2.40. The predicted molar refractivity (Wildman–Crippen MR) is 50.3 cm³/mol. The topological polar surface area (TPSA) is 18.8 Å². The first-order chi connectivity index (χ1) is 5.77. The number of fused-ring (bicyclic) bond motifs is 1. The summed E-state index contributed by atoms with van der Waals surface area (Å²) in [5.74, 6) is 1.22. The Bertz CT molecular complexity index is 200. The molecule has 0 aromatic heterocycles. The summed E-state index contributed by atoms with van der Waals surface area (Å²) >= 11 is 0. The van der Waals surface area contributed by atoms with E-state index in [1.807, 2.05) is 0 Å². The van der Waals surface area contributed by atoms with E-state index in [1.165, 1.54) is 38.4 Å². The van der Waals surface area contributed by atoms with Crippen molar-refractivity contribution in [1.82, 2.24) is 9.80 Å². The van der Waals surface area contributed by atoms with Gasteiger partial charge in [-0.1, -0.05) is 0 Å². The number of rotatable bonds is 0. The van der Waals surface area contributed by atoms with Crippen molar-refractivity contribution in [2.24, 2.45) is 4.99 Å².